The molecule has 0 saturated carbocycles. The molecule has 158 valence electrons. The Kier molecular flexibility index (Phi) is 5.19. The summed E-state index contributed by atoms with van der Waals surface area (Å²) in [5.41, 5.74) is 7.95. The maximum absolute atomic E-state index is 12.3. The number of carbonyl (C=O) groups is 1. The lowest BCUT2D eigenvalue weighted by atomic mass is 10.2. The van der Waals surface area contributed by atoms with E-state index < -0.39 is 5.60 Å². The molecule has 1 aliphatic rings. The van der Waals surface area contributed by atoms with Crippen LogP contribution in [0.2, 0.25) is 0 Å². The second kappa shape index (κ2) is 7.81. The van der Waals surface area contributed by atoms with E-state index in [1.807, 2.05) is 49.7 Å². The van der Waals surface area contributed by atoms with Crippen molar-refractivity contribution in [1.82, 2.24) is 24.6 Å². The number of fused-ring (bicyclic) bond motifs is 1. The molecule has 30 heavy (non-hydrogen) atoms. The molecular formula is C21H27N7O2. The van der Waals surface area contributed by atoms with E-state index >= 15 is 0 Å². The van der Waals surface area contributed by atoms with Gasteiger partial charge in [0, 0.05) is 31.9 Å². The number of piperazine rings is 1. The molecule has 0 aliphatic carbocycles. The van der Waals surface area contributed by atoms with Crippen molar-refractivity contribution in [2.24, 2.45) is 0 Å². The van der Waals surface area contributed by atoms with Crippen molar-refractivity contribution in [2.45, 2.75) is 32.9 Å². The van der Waals surface area contributed by atoms with E-state index in [2.05, 4.69) is 20.0 Å². The summed E-state index contributed by atoms with van der Waals surface area (Å²) in [6.07, 6.45) is 3.09. The topological polar surface area (TPSA) is 102 Å². The van der Waals surface area contributed by atoms with Crippen molar-refractivity contribution >= 4 is 28.6 Å². The molecule has 0 atom stereocenters. The van der Waals surface area contributed by atoms with Crippen LogP contribution in [0.3, 0.4) is 0 Å². The summed E-state index contributed by atoms with van der Waals surface area (Å²) in [4.78, 5) is 25.2. The van der Waals surface area contributed by atoms with Crippen molar-refractivity contribution in [1.29, 1.82) is 0 Å². The highest BCUT2D eigenvalue weighted by Crippen LogP contribution is 2.24. The van der Waals surface area contributed by atoms with Crippen LogP contribution in [0.25, 0.3) is 11.0 Å². The van der Waals surface area contributed by atoms with Crippen molar-refractivity contribution in [3.63, 3.8) is 0 Å². The van der Waals surface area contributed by atoms with E-state index in [4.69, 9.17) is 10.5 Å². The number of carbonyl (C=O) groups excluding carboxylic acids is 1. The maximum Gasteiger partial charge on any atom is 0.410 e. The number of ether oxygens (including phenoxy) is 1. The third-order valence-electron chi connectivity index (χ3n) is 4.93. The molecular weight excluding hydrogens is 382 g/mol. The minimum atomic E-state index is -0.495. The lowest BCUT2D eigenvalue weighted by molar-refractivity contribution is 0.0240. The van der Waals surface area contributed by atoms with Gasteiger partial charge in [0.05, 0.1) is 18.1 Å². The van der Waals surface area contributed by atoms with Gasteiger partial charge in [0.2, 0.25) is 0 Å². The SMILES string of the molecule is CC(C)(C)OC(=O)N1CCN(c2ncnc3c2cnn3Cc2cccc(N)c2)CC1. The fourth-order valence-electron chi connectivity index (χ4n) is 3.54. The molecule has 1 aromatic carbocycles. The van der Waals surface area contributed by atoms with E-state index in [0.29, 0.717) is 32.7 Å². The smallest absolute Gasteiger partial charge is 0.410 e. The van der Waals surface area contributed by atoms with Gasteiger partial charge in [0.15, 0.2) is 5.65 Å². The van der Waals surface area contributed by atoms with E-state index in [0.717, 1.165) is 28.1 Å². The predicted molar refractivity (Wildman–Crippen MR) is 115 cm³/mol. The largest absolute Gasteiger partial charge is 0.444 e. The van der Waals surface area contributed by atoms with Crippen LogP contribution in [0.15, 0.2) is 36.8 Å². The quantitative estimate of drug-likeness (QED) is 0.663. The van der Waals surface area contributed by atoms with Gasteiger partial charge in [-0.3, -0.25) is 0 Å². The number of hydrogen-bond donors (Lipinski definition) is 1. The molecule has 0 radical (unpaired) electrons. The normalized spacial score (nSPS) is 14.9. The number of benzene rings is 1. The Hall–Kier alpha value is -3.36. The Morgan fingerprint density at radius 2 is 1.93 bits per heavy atom. The minimum Gasteiger partial charge on any atom is -0.444 e. The van der Waals surface area contributed by atoms with Crippen LogP contribution in [-0.2, 0) is 11.3 Å². The number of rotatable bonds is 3. The summed E-state index contributed by atoms with van der Waals surface area (Å²) in [7, 11) is 0. The van der Waals surface area contributed by atoms with Crippen molar-refractivity contribution in [3.8, 4) is 0 Å². The van der Waals surface area contributed by atoms with Crippen LogP contribution in [-0.4, -0.2) is 62.5 Å². The second-order valence-electron chi connectivity index (χ2n) is 8.44. The van der Waals surface area contributed by atoms with Gasteiger partial charge in [0.1, 0.15) is 17.7 Å². The zero-order chi connectivity index (χ0) is 21.3. The highest BCUT2D eigenvalue weighted by Gasteiger charge is 2.27. The molecule has 3 aromatic rings. The molecule has 1 saturated heterocycles. The van der Waals surface area contributed by atoms with E-state index in [-0.39, 0.29) is 6.09 Å². The summed E-state index contributed by atoms with van der Waals surface area (Å²) in [5.74, 6) is 0.836. The average Bonchev–Trinajstić information content (AvgIpc) is 3.10. The van der Waals surface area contributed by atoms with Crippen molar-refractivity contribution in [3.05, 3.63) is 42.4 Å². The Labute approximate surface area is 175 Å². The lowest BCUT2D eigenvalue weighted by Crippen LogP contribution is -2.50. The molecule has 4 rings (SSSR count). The van der Waals surface area contributed by atoms with E-state index in [1.165, 1.54) is 0 Å². The van der Waals surface area contributed by atoms with Crippen molar-refractivity contribution < 1.29 is 9.53 Å². The number of nitrogens with two attached hydrogens (primary N) is 1. The molecule has 2 N–H and O–H groups in total. The fourth-order valence-corrected chi connectivity index (χ4v) is 3.54. The zero-order valence-electron chi connectivity index (χ0n) is 17.6. The number of nitrogens with zero attached hydrogens (tertiary/aromatic N) is 6. The van der Waals surface area contributed by atoms with Crippen LogP contribution in [0.1, 0.15) is 26.3 Å². The monoisotopic (exact) mass is 409 g/mol. The summed E-state index contributed by atoms with van der Waals surface area (Å²) < 4.78 is 7.33. The number of anilines is 2. The minimum absolute atomic E-state index is 0.273. The van der Waals surface area contributed by atoms with Gasteiger partial charge in [-0.05, 0) is 38.5 Å². The van der Waals surface area contributed by atoms with Crippen LogP contribution >= 0.6 is 0 Å². The first-order valence-corrected chi connectivity index (χ1v) is 10.0. The van der Waals surface area contributed by atoms with Crippen LogP contribution in [0.5, 0.6) is 0 Å². The molecule has 1 fully saturated rings. The number of amides is 1. The van der Waals surface area contributed by atoms with Gasteiger partial charge >= 0.3 is 6.09 Å². The van der Waals surface area contributed by atoms with Gasteiger partial charge in [-0.15, -0.1) is 0 Å². The number of nitrogen functional groups attached to an aromatic ring is 1. The summed E-state index contributed by atoms with van der Waals surface area (Å²) in [6, 6.07) is 7.75. The highest BCUT2D eigenvalue weighted by atomic mass is 16.6. The van der Waals surface area contributed by atoms with Gasteiger partial charge in [-0.25, -0.2) is 19.4 Å². The molecule has 1 aliphatic heterocycles. The fraction of sp³-hybridized carbons (Fsp3) is 0.429. The van der Waals surface area contributed by atoms with Crippen LogP contribution < -0.4 is 10.6 Å². The van der Waals surface area contributed by atoms with Gasteiger partial charge in [0.25, 0.3) is 0 Å². The first kappa shape index (κ1) is 19.9. The molecule has 9 heteroatoms. The molecule has 2 aromatic heterocycles. The predicted octanol–water partition coefficient (Wildman–Crippen LogP) is 2.51. The Bertz CT molecular complexity index is 1050. The van der Waals surface area contributed by atoms with Gasteiger partial charge < -0.3 is 20.3 Å². The molecule has 3 heterocycles. The molecule has 0 unspecified atom stereocenters. The first-order valence-electron chi connectivity index (χ1n) is 10.0. The Morgan fingerprint density at radius 3 is 2.63 bits per heavy atom. The molecule has 9 nitrogen and oxygen atoms in total. The molecule has 0 spiro atoms. The van der Waals surface area contributed by atoms with E-state index in [1.54, 1.807) is 17.4 Å². The summed E-state index contributed by atoms with van der Waals surface area (Å²) >= 11 is 0. The number of aromatic nitrogens is 4. The number of hydrogen-bond acceptors (Lipinski definition) is 7. The Balaban J connectivity index is 1.49. The van der Waals surface area contributed by atoms with Gasteiger partial charge in [-0.1, -0.05) is 12.1 Å². The highest BCUT2D eigenvalue weighted by molar-refractivity contribution is 5.86. The molecule has 0 bridgehead atoms. The molecule has 1 amide bonds. The van der Waals surface area contributed by atoms with Gasteiger partial charge in [-0.2, -0.15) is 5.10 Å². The van der Waals surface area contributed by atoms with Crippen LogP contribution in [0.4, 0.5) is 16.3 Å². The van der Waals surface area contributed by atoms with E-state index in [9.17, 15) is 4.79 Å². The maximum atomic E-state index is 12.3. The zero-order valence-corrected chi connectivity index (χ0v) is 17.6. The lowest BCUT2D eigenvalue weighted by Gasteiger charge is -2.36. The average molecular weight is 409 g/mol. The Morgan fingerprint density at radius 1 is 1.17 bits per heavy atom. The second-order valence-corrected chi connectivity index (χ2v) is 8.44. The third-order valence-corrected chi connectivity index (χ3v) is 4.93. The third kappa shape index (κ3) is 4.29. The van der Waals surface area contributed by atoms with Crippen LogP contribution in [0, 0.1) is 0 Å². The standard InChI is InChI=1S/C21H27N7O2/c1-21(2,3)30-20(29)27-9-7-26(8-10-27)18-17-12-25-28(19(17)24-14-23-18)13-15-5-4-6-16(22)11-15/h4-6,11-12,14H,7-10,13,22H2,1-3H3. The summed E-state index contributed by atoms with van der Waals surface area (Å²) in [6.45, 7) is 8.71. The van der Waals surface area contributed by atoms with Crippen molar-refractivity contribution in [2.75, 3.05) is 36.8 Å². The summed E-state index contributed by atoms with van der Waals surface area (Å²) in [5, 5.41) is 5.42. The first-order chi connectivity index (χ1) is 14.3.